The van der Waals surface area contributed by atoms with Crippen LogP contribution in [0.25, 0.3) is 0 Å². The van der Waals surface area contributed by atoms with Crippen molar-refractivity contribution in [1.82, 2.24) is 0 Å². The van der Waals surface area contributed by atoms with Crippen molar-refractivity contribution >= 4 is 0 Å². The summed E-state index contributed by atoms with van der Waals surface area (Å²) in [6.45, 7) is 9.99. The van der Waals surface area contributed by atoms with E-state index in [2.05, 4.69) is 12.7 Å². The smallest absolute Gasteiger partial charge is 0.136 e. The average molecular weight is 352 g/mol. The second kappa shape index (κ2) is 6.73. The number of rotatable bonds is 5. The predicted octanol–water partition coefficient (Wildman–Crippen LogP) is 6.11. The molecule has 2 atom stereocenters. The van der Waals surface area contributed by atoms with Crippen LogP contribution in [0.3, 0.4) is 0 Å². The Hall–Kier alpha value is -2.39. The normalized spacial score (nSPS) is 20.2. The van der Waals surface area contributed by atoms with Crippen molar-refractivity contribution in [2.45, 2.75) is 39.2 Å². The average Bonchev–Trinajstić information content (AvgIpc) is 2.61. The molecule has 2 aromatic carbocycles. The molecule has 0 bridgehead atoms. The lowest BCUT2D eigenvalue weighted by Gasteiger charge is -2.47. The summed E-state index contributed by atoms with van der Waals surface area (Å²) in [6, 6.07) is 11.9. The van der Waals surface area contributed by atoms with E-state index in [1.807, 2.05) is 32.9 Å². The molecule has 1 N–H and O–H groups in total. The summed E-state index contributed by atoms with van der Waals surface area (Å²) in [6.07, 6.45) is 5.25. The van der Waals surface area contributed by atoms with Gasteiger partial charge in [0.05, 0.1) is 5.56 Å². The van der Waals surface area contributed by atoms with Crippen LogP contribution in [0.15, 0.2) is 66.8 Å². The predicted molar refractivity (Wildman–Crippen MR) is 103 cm³/mol. The number of benzene rings is 2. The van der Waals surface area contributed by atoms with Crippen LogP contribution in [0, 0.1) is 11.2 Å². The summed E-state index contributed by atoms with van der Waals surface area (Å²) in [5, 5.41) is 12.0. The van der Waals surface area contributed by atoms with Crippen molar-refractivity contribution in [3.63, 3.8) is 0 Å². The minimum absolute atomic E-state index is 0.179. The van der Waals surface area contributed by atoms with E-state index in [1.54, 1.807) is 30.3 Å². The van der Waals surface area contributed by atoms with Crippen LogP contribution in [0.2, 0.25) is 0 Å². The number of para-hydroxylation sites is 1. The van der Waals surface area contributed by atoms with E-state index in [9.17, 15) is 9.50 Å². The van der Waals surface area contributed by atoms with Gasteiger partial charge < -0.3 is 9.84 Å². The monoisotopic (exact) mass is 352 g/mol. The maximum Gasteiger partial charge on any atom is 0.136 e. The Morgan fingerprint density at radius 1 is 1.19 bits per heavy atom. The van der Waals surface area contributed by atoms with Gasteiger partial charge in [-0.25, -0.2) is 4.39 Å². The van der Waals surface area contributed by atoms with E-state index in [-0.39, 0.29) is 5.56 Å². The molecule has 0 unspecified atom stereocenters. The molecule has 26 heavy (non-hydrogen) atoms. The zero-order chi connectivity index (χ0) is 18.9. The van der Waals surface area contributed by atoms with Gasteiger partial charge in [-0.15, -0.1) is 6.58 Å². The van der Waals surface area contributed by atoms with Crippen molar-refractivity contribution in [3.8, 4) is 11.5 Å². The molecular formula is C23H25FO2. The first-order chi connectivity index (χ1) is 12.3. The fourth-order valence-electron chi connectivity index (χ4n) is 3.73. The number of ether oxygens (including phenoxy) is 1. The van der Waals surface area contributed by atoms with E-state index < -0.39 is 16.8 Å². The van der Waals surface area contributed by atoms with Crippen molar-refractivity contribution in [3.05, 3.63) is 83.7 Å². The first kappa shape index (κ1) is 18.4. The van der Waals surface area contributed by atoms with Gasteiger partial charge in [-0.3, -0.25) is 0 Å². The van der Waals surface area contributed by atoms with Gasteiger partial charge >= 0.3 is 0 Å². The third-order valence-electron chi connectivity index (χ3n) is 5.33. The Bertz CT molecular complexity index is 866. The summed E-state index contributed by atoms with van der Waals surface area (Å²) >= 11 is 0. The van der Waals surface area contributed by atoms with Gasteiger partial charge in [0.1, 0.15) is 22.9 Å². The lowest BCUT2D eigenvalue weighted by Crippen LogP contribution is -2.46. The molecule has 0 aliphatic carbocycles. The summed E-state index contributed by atoms with van der Waals surface area (Å²) in [5.41, 5.74) is -0.395. The van der Waals surface area contributed by atoms with Crippen molar-refractivity contribution < 1.29 is 14.2 Å². The lowest BCUT2D eigenvalue weighted by atomic mass is 9.62. The van der Waals surface area contributed by atoms with E-state index in [4.69, 9.17) is 4.74 Å². The molecule has 136 valence electrons. The van der Waals surface area contributed by atoms with Gasteiger partial charge in [-0.1, -0.05) is 48.9 Å². The molecule has 0 saturated heterocycles. The highest BCUT2D eigenvalue weighted by molar-refractivity contribution is 5.58. The molecule has 0 saturated carbocycles. The molecule has 0 spiro atoms. The zero-order valence-corrected chi connectivity index (χ0v) is 15.6. The molecule has 0 amide bonds. The quantitative estimate of drug-likeness (QED) is 0.658. The Balaban J connectivity index is 2.23. The van der Waals surface area contributed by atoms with Crippen LogP contribution in [-0.4, -0.2) is 5.11 Å². The highest BCUT2D eigenvalue weighted by Crippen LogP contribution is 2.57. The van der Waals surface area contributed by atoms with E-state index in [0.717, 1.165) is 6.42 Å². The number of hydrogen-bond acceptors (Lipinski definition) is 2. The first-order valence-electron chi connectivity index (χ1n) is 8.89. The van der Waals surface area contributed by atoms with E-state index in [0.29, 0.717) is 23.5 Å². The van der Waals surface area contributed by atoms with Gasteiger partial charge in [0.15, 0.2) is 0 Å². The topological polar surface area (TPSA) is 29.5 Å². The summed E-state index contributed by atoms with van der Waals surface area (Å²) < 4.78 is 20.8. The highest BCUT2D eigenvalue weighted by Gasteiger charge is 2.53. The van der Waals surface area contributed by atoms with Crippen molar-refractivity contribution in [2.24, 2.45) is 5.41 Å². The van der Waals surface area contributed by atoms with Gasteiger partial charge in [0.25, 0.3) is 0 Å². The molecule has 0 fully saturated rings. The molecule has 1 aliphatic heterocycles. The number of aliphatic hydroxyl groups is 1. The minimum Gasteiger partial charge on any atom is -0.456 e. The Kier molecular flexibility index (Phi) is 4.76. The van der Waals surface area contributed by atoms with Crippen LogP contribution in [0.4, 0.5) is 4.39 Å². The van der Waals surface area contributed by atoms with Crippen LogP contribution in [-0.2, 0) is 5.60 Å². The van der Waals surface area contributed by atoms with Crippen molar-refractivity contribution in [1.29, 1.82) is 0 Å². The zero-order valence-electron chi connectivity index (χ0n) is 15.6. The lowest BCUT2D eigenvalue weighted by molar-refractivity contribution is -0.0332. The number of halogens is 1. The fraction of sp³-hybridized carbons (Fsp3) is 0.304. The Labute approximate surface area is 154 Å². The van der Waals surface area contributed by atoms with E-state index in [1.165, 1.54) is 11.6 Å². The van der Waals surface area contributed by atoms with Crippen LogP contribution >= 0.6 is 0 Å². The maximum absolute atomic E-state index is 14.9. The summed E-state index contributed by atoms with van der Waals surface area (Å²) in [4.78, 5) is 0. The van der Waals surface area contributed by atoms with Crippen molar-refractivity contribution in [2.75, 3.05) is 0 Å². The Morgan fingerprint density at radius 3 is 2.58 bits per heavy atom. The molecular weight excluding hydrogens is 327 g/mol. The molecule has 1 aliphatic rings. The number of hydrogen-bond donors (Lipinski definition) is 1. The summed E-state index contributed by atoms with van der Waals surface area (Å²) in [5.74, 6) is 0.416. The van der Waals surface area contributed by atoms with Gasteiger partial charge in [0, 0.05) is 11.0 Å². The molecule has 0 aromatic heterocycles. The largest absolute Gasteiger partial charge is 0.456 e. The van der Waals surface area contributed by atoms with Crippen LogP contribution < -0.4 is 4.74 Å². The molecule has 1 heterocycles. The van der Waals surface area contributed by atoms with Gasteiger partial charge in [-0.05, 0) is 44.9 Å². The second-order valence-electron chi connectivity index (χ2n) is 7.36. The summed E-state index contributed by atoms with van der Waals surface area (Å²) in [7, 11) is 0. The fourth-order valence-corrected chi connectivity index (χ4v) is 3.73. The maximum atomic E-state index is 14.9. The second-order valence-corrected chi connectivity index (χ2v) is 7.36. The molecule has 3 rings (SSSR count). The van der Waals surface area contributed by atoms with Crippen LogP contribution in [0.5, 0.6) is 11.5 Å². The third-order valence-corrected chi connectivity index (χ3v) is 5.33. The SMILES string of the molecule is C=C[C@](C)(CCC=C(C)C)[C@@]1(O)c2ccccc2Oc2cccc(F)c21. The third kappa shape index (κ3) is 2.77. The number of allylic oxidation sites excluding steroid dienone is 2. The molecule has 2 nitrogen and oxygen atoms in total. The minimum atomic E-state index is -1.57. The first-order valence-corrected chi connectivity index (χ1v) is 8.89. The number of fused-ring (bicyclic) bond motifs is 2. The standard InChI is InChI=1S/C23H25FO2/c1-5-22(4,15-9-10-16(2)3)23(25)17-11-6-7-13-19(17)26-20-14-8-12-18(24)21(20)23/h5-8,10-14,25H,1,9,15H2,2-4H3/t22-,23-/m1/s1. The van der Waals surface area contributed by atoms with Crippen LogP contribution in [0.1, 0.15) is 44.7 Å². The highest BCUT2D eigenvalue weighted by atomic mass is 19.1. The van der Waals surface area contributed by atoms with Gasteiger partial charge in [0.2, 0.25) is 0 Å². The molecule has 3 heteroatoms. The van der Waals surface area contributed by atoms with Gasteiger partial charge in [-0.2, -0.15) is 0 Å². The Morgan fingerprint density at radius 2 is 1.88 bits per heavy atom. The molecule has 0 radical (unpaired) electrons. The molecule has 2 aromatic rings. The van der Waals surface area contributed by atoms with E-state index >= 15 is 0 Å².